The van der Waals surface area contributed by atoms with Gasteiger partial charge in [-0.15, -0.1) is 0 Å². The van der Waals surface area contributed by atoms with Crippen LogP contribution in [0.5, 0.6) is 0 Å². The molecule has 0 fully saturated rings. The molecule has 0 atom stereocenters. The van der Waals surface area contributed by atoms with E-state index in [0.29, 0.717) is 0 Å². The van der Waals surface area contributed by atoms with Crippen molar-refractivity contribution in [3.05, 3.63) is 63.7 Å². The summed E-state index contributed by atoms with van der Waals surface area (Å²) in [5.41, 5.74) is 9.86. The van der Waals surface area contributed by atoms with E-state index in [4.69, 9.17) is 0 Å². The topological polar surface area (TPSA) is 12.0 Å². The summed E-state index contributed by atoms with van der Waals surface area (Å²) in [5, 5.41) is 3.58. The molecule has 3 rings (SSSR count). The molecule has 2 aromatic carbocycles. The summed E-state index contributed by atoms with van der Waals surface area (Å²) in [5.74, 6) is 0. The lowest BCUT2D eigenvalue weighted by molar-refractivity contribution is 0.912. The van der Waals surface area contributed by atoms with Crippen molar-refractivity contribution in [2.45, 2.75) is 46.6 Å². The first-order valence-corrected chi connectivity index (χ1v) is 7.56. The molecule has 0 aliphatic heterocycles. The minimum absolute atomic E-state index is 0.908. The van der Waals surface area contributed by atoms with Crippen molar-refractivity contribution in [1.29, 1.82) is 0 Å². The lowest BCUT2D eigenvalue weighted by atomic mass is 10.0. The fraction of sp³-hybridized carbons (Fsp3) is 0.368. The highest BCUT2D eigenvalue weighted by Gasteiger charge is 2.10. The van der Waals surface area contributed by atoms with Gasteiger partial charge in [0.25, 0.3) is 0 Å². The summed E-state index contributed by atoms with van der Waals surface area (Å²) < 4.78 is 0. The van der Waals surface area contributed by atoms with Gasteiger partial charge in [0.1, 0.15) is 0 Å². The van der Waals surface area contributed by atoms with Gasteiger partial charge in [0.05, 0.1) is 0 Å². The number of nitrogens with one attached hydrogen (secondary N) is 1. The first-order valence-electron chi connectivity index (χ1n) is 7.56. The maximum atomic E-state index is 3.58. The van der Waals surface area contributed by atoms with Crippen LogP contribution in [0.3, 0.4) is 0 Å². The largest absolute Gasteiger partial charge is 0.381 e. The summed E-state index contributed by atoms with van der Waals surface area (Å²) in [6.07, 6.45) is 3.81. The number of rotatable bonds is 3. The van der Waals surface area contributed by atoms with Gasteiger partial charge in [-0.1, -0.05) is 18.2 Å². The van der Waals surface area contributed by atoms with E-state index in [2.05, 4.69) is 56.4 Å². The molecule has 0 unspecified atom stereocenters. The SMILES string of the molecule is Cc1cc(C)c(CNc2ccc3c(c2)CCC3)cc1C. The zero-order chi connectivity index (χ0) is 14.1. The second-order valence-electron chi connectivity index (χ2n) is 6.05. The van der Waals surface area contributed by atoms with Crippen LogP contribution in [0.25, 0.3) is 0 Å². The zero-order valence-corrected chi connectivity index (χ0v) is 12.7. The number of fused-ring (bicyclic) bond motifs is 1. The molecule has 1 nitrogen and oxygen atoms in total. The average molecular weight is 265 g/mol. The fourth-order valence-corrected chi connectivity index (χ4v) is 3.09. The number of aryl methyl sites for hydroxylation is 5. The third kappa shape index (κ3) is 2.58. The van der Waals surface area contributed by atoms with Crippen LogP contribution in [0.15, 0.2) is 30.3 Å². The highest BCUT2D eigenvalue weighted by atomic mass is 14.9. The molecule has 0 spiro atoms. The Labute approximate surface area is 122 Å². The molecule has 1 aliphatic carbocycles. The fourth-order valence-electron chi connectivity index (χ4n) is 3.09. The van der Waals surface area contributed by atoms with Crippen molar-refractivity contribution in [2.75, 3.05) is 5.32 Å². The number of hydrogen-bond acceptors (Lipinski definition) is 1. The highest BCUT2D eigenvalue weighted by Crippen LogP contribution is 2.25. The molecule has 0 radical (unpaired) electrons. The summed E-state index contributed by atoms with van der Waals surface area (Å²) in [7, 11) is 0. The number of hydrogen-bond donors (Lipinski definition) is 1. The first-order chi connectivity index (χ1) is 9.63. The molecular weight excluding hydrogens is 242 g/mol. The van der Waals surface area contributed by atoms with E-state index in [-0.39, 0.29) is 0 Å². The van der Waals surface area contributed by atoms with E-state index in [1.54, 1.807) is 0 Å². The molecule has 0 heterocycles. The molecular formula is C19H23N. The van der Waals surface area contributed by atoms with Gasteiger partial charge >= 0.3 is 0 Å². The quantitative estimate of drug-likeness (QED) is 0.847. The second kappa shape index (κ2) is 5.32. The summed E-state index contributed by atoms with van der Waals surface area (Å²) in [6.45, 7) is 7.48. The van der Waals surface area contributed by atoms with Gasteiger partial charge in [0.15, 0.2) is 0 Å². The molecule has 104 valence electrons. The molecule has 1 N–H and O–H groups in total. The van der Waals surface area contributed by atoms with E-state index < -0.39 is 0 Å². The Bertz CT molecular complexity index is 640. The molecule has 1 heteroatoms. The predicted molar refractivity (Wildman–Crippen MR) is 86.4 cm³/mol. The molecule has 0 bridgehead atoms. The first kappa shape index (κ1) is 13.2. The standard InChI is InChI=1S/C19H23N/c1-13-9-15(3)18(10-14(13)2)12-20-19-8-7-16-5-4-6-17(16)11-19/h7-11,20H,4-6,12H2,1-3H3. The van der Waals surface area contributed by atoms with Crippen LogP contribution in [0.1, 0.15) is 39.8 Å². The third-order valence-corrected chi connectivity index (χ3v) is 4.53. The van der Waals surface area contributed by atoms with Gasteiger partial charge in [-0.25, -0.2) is 0 Å². The van der Waals surface area contributed by atoms with Gasteiger partial charge < -0.3 is 5.32 Å². The molecule has 0 amide bonds. The van der Waals surface area contributed by atoms with E-state index >= 15 is 0 Å². The van der Waals surface area contributed by atoms with Crippen LogP contribution in [-0.2, 0) is 19.4 Å². The Hall–Kier alpha value is -1.76. The minimum atomic E-state index is 0.908. The van der Waals surface area contributed by atoms with E-state index in [1.165, 1.54) is 58.3 Å². The van der Waals surface area contributed by atoms with Crippen molar-refractivity contribution in [2.24, 2.45) is 0 Å². The Morgan fingerprint density at radius 2 is 1.60 bits per heavy atom. The van der Waals surface area contributed by atoms with E-state index in [9.17, 15) is 0 Å². The zero-order valence-electron chi connectivity index (χ0n) is 12.7. The summed E-state index contributed by atoms with van der Waals surface area (Å²) >= 11 is 0. The Kier molecular flexibility index (Phi) is 3.52. The van der Waals surface area contributed by atoms with Gasteiger partial charge in [0, 0.05) is 12.2 Å². The summed E-state index contributed by atoms with van der Waals surface area (Å²) in [6, 6.07) is 11.4. The van der Waals surface area contributed by atoms with Crippen LogP contribution in [0, 0.1) is 20.8 Å². The Morgan fingerprint density at radius 1 is 0.850 bits per heavy atom. The average Bonchev–Trinajstić information content (AvgIpc) is 2.89. The van der Waals surface area contributed by atoms with Gasteiger partial charge in [-0.05, 0) is 85.5 Å². The van der Waals surface area contributed by atoms with Crippen molar-refractivity contribution >= 4 is 5.69 Å². The van der Waals surface area contributed by atoms with Crippen LogP contribution in [0.4, 0.5) is 5.69 Å². The Balaban J connectivity index is 1.75. The molecule has 0 saturated heterocycles. The van der Waals surface area contributed by atoms with Gasteiger partial charge in [-0.3, -0.25) is 0 Å². The van der Waals surface area contributed by atoms with Crippen molar-refractivity contribution in [3.63, 3.8) is 0 Å². The second-order valence-corrected chi connectivity index (χ2v) is 6.05. The van der Waals surface area contributed by atoms with E-state index in [1.807, 2.05) is 0 Å². The Morgan fingerprint density at radius 3 is 2.45 bits per heavy atom. The number of benzene rings is 2. The summed E-state index contributed by atoms with van der Waals surface area (Å²) in [4.78, 5) is 0. The predicted octanol–water partition coefficient (Wildman–Crippen LogP) is 4.71. The van der Waals surface area contributed by atoms with Crippen molar-refractivity contribution in [3.8, 4) is 0 Å². The molecule has 2 aromatic rings. The van der Waals surface area contributed by atoms with Gasteiger partial charge in [0.2, 0.25) is 0 Å². The van der Waals surface area contributed by atoms with E-state index in [0.717, 1.165) is 6.54 Å². The van der Waals surface area contributed by atoms with Crippen LogP contribution >= 0.6 is 0 Å². The third-order valence-electron chi connectivity index (χ3n) is 4.53. The lowest BCUT2D eigenvalue weighted by Crippen LogP contribution is -2.03. The lowest BCUT2D eigenvalue weighted by Gasteiger charge is -2.13. The monoisotopic (exact) mass is 265 g/mol. The number of anilines is 1. The van der Waals surface area contributed by atoms with Crippen molar-refractivity contribution < 1.29 is 0 Å². The smallest absolute Gasteiger partial charge is 0.0403 e. The molecule has 1 aliphatic rings. The minimum Gasteiger partial charge on any atom is -0.381 e. The normalized spacial score (nSPS) is 13.3. The molecule has 0 aromatic heterocycles. The van der Waals surface area contributed by atoms with Gasteiger partial charge in [-0.2, -0.15) is 0 Å². The maximum absolute atomic E-state index is 3.58. The van der Waals surface area contributed by atoms with Crippen molar-refractivity contribution in [1.82, 2.24) is 0 Å². The van der Waals surface area contributed by atoms with Crippen LogP contribution in [0.2, 0.25) is 0 Å². The maximum Gasteiger partial charge on any atom is 0.0403 e. The molecule has 0 saturated carbocycles. The highest BCUT2D eigenvalue weighted by molar-refractivity contribution is 5.51. The molecule has 20 heavy (non-hydrogen) atoms. The van der Waals surface area contributed by atoms with Crippen LogP contribution < -0.4 is 5.32 Å². The van der Waals surface area contributed by atoms with Crippen LogP contribution in [-0.4, -0.2) is 0 Å².